The van der Waals surface area contributed by atoms with Gasteiger partial charge in [0.05, 0.1) is 18.1 Å². The second-order valence-corrected chi connectivity index (χ2v) is 4.47. The van der Waals surface area contributed by atoms with E-state index in [9.17, 15) is 27.1 Å². The van der Waals surface area contributed by atoms with Gasteiger partial charge in [0, 0.05) is 0 Å². The molecule has 0 aliphatic rings. The zero-order valence-corrected chi connectivity index (χ0v) is 10.9. The minimum atomic E-state index is -2.29. The van der Waals surface area contributed by atoms with E-state index in [2.05, 4.69) is 0 Å². The van der Waals surface area contributed by atoms with Gasteiger partial charge in [-0.1, -0.05) is 24.3 Å². The molecule has 1 unspecified atom stereocenters. The van der Waals surface area contributed by atoms with Gasteiger partial charge in [0.1, 0.15) is 6.10 Å². The second-order valence-electron chi connectivity index (χ2n) is 4.47. The van der Waals surface area contributed by atoms with Crippen molar-refractivity contribution in [2.45, 2.75) is 12.5 Å². The summed E-state index contributed by atoms with van der Waals surface area (Å²) in [6.07, 6.45) is -2.08. The molecule has 0 aliphatic carbocycles. The Kier molecular flexibility index (Phi) is 4.43. The van der Waals surface area contributed by atoms with Crippen LogP contribution in [0, 0.1) is 40.4 Å². The number of nitriles is 1. The fourth-order valence-corrected chi connectivity index (χ4v) is 1.99. The van der Waals surface area contributed by atoms with E-state index >= 15 is 0 Å². The number of hydrogen-bond acceptors (Lipinski definition) is 2. The van der Waals surface area contributed by atoms with Crippen molar-refractivity contribution in [2.75, 3.05) is 0 Å². The number of nitrogens with zero attached hydrogens (tertiary/aromatic N) is 1. The van der Waals surface area contributed by atoms with Crippen LogP contribution in [0.15, 0.2) is 24.3 Å². The molecule has 22 heavy (non-hydrogen) atoms. The summed E-state index contributed by atoms with van der Waals surface area (Å²) in [5.74, 6) is -10.7. The van der Waals surface area contributed by atoms with E-state index in [1.807, 2.05) is 6.07 Å². The van der Waals surface area contributed by atoms with Gasteiger partial charge in [-0.15, -0.1) is 0 Å². The average Bonchev–Trinajstić information content (AvgIpc) is 2.51. The van der Waals surface area contributed by atoms with Crippen LogP contribution in [0.2, 0.25) is 0 Å². The van der Waals surface area contributed by atoms with Crippen LogP contribution in [0.4, 0.5) is 22.0 Å². The molecule has 2 aromatic carbocycles. The normalized spacial score (nSPS) is 12.0. The van der Waals surface area contributed by atoms with E-state index in [1.54, 1.807) is 0 Å². The van der Waals surface area contributed by atoms with Crippen molar-refractivity contribution in [1.82, 2.24) is 0 Å². The molecule has 2 nitrogen and oxygen atoms in total. The number of aliphatic hydroxyl groups is 1. The number of benzene rings is 2. The summed E-state index contributed by atoms with van der Waals surface area (Å²) in [5.41, 5.74) is -0.982. The van der Waals surface area contributed by atoms with Crippen LogP contribution in [0.3, 0.4) is 0 Å². The van der Waals surface area contributed by atoms with Crippen LogP contribution < -0.4 is 0 Å². The van der Waals surface area contributed by atoms with E-state index in [-0.39, 0.29) is 12.0 Å². The third-order valence-corrected chi connectivity index (χ3v) is 3.07. The molecule has 0 saturated carbocycles. The zero-order valence-electron chi connectivity index (χ0n) is 10.9. The molecule has 0 aliphatic heterocycles. The maximum absolute atomic E-state index is 13.7. The lowest BCUT2D eigenvalue weighted by atomic mass is 9.97. The topological polar surface area (TPSA) is 44.0 Å². The van der Waals surface area contributed by atoms with Crippen LogP contribution >= 0.6 is 0 Å². The first-order chi connectivity index (χ1) is 10.4. The van der Waals surface area contributed by atoms with Gasteiger partial charge in [-0.2, -0.15) is 5.26 Å². The Balaban J connectivity index is 2.57. The van der Waals surface area contributed by atoms with E-state index in [1.165, 1.54) is 24.3 Å². The van der Waals surface area contributed by atoms with E-state index < -0.39 is 40.8 Å². The van der Waals surface area contributed by atoms with Crippen molar-refractivity contribution in [3.8, 4) is 6.07 Å². The Bertz CT molecular complexity index is 740. The van der Waals surface area contributed by atoms with Crippen molar-refractivity contribution < 1.29 is 27.1 Å². The highest BCUT2D eigenvalue weighted by molar-refractivity contribution is 5.36. The van der Waals surface area contributed by atoms with Gasteiger partial charge in [0.25, 0.3) is 0 Å². The Hall–Kier alpha value is -2.46. The molecule has 1 N–H and O–H groups in total. The Labute approximate surface area is 122 Å². The lowest BCUT2D eigenvalue weighted by Crippen LogP contribution is -2.12. The molecule has 0 aromatic heterocycles. The highest BCUT2D eigenvalue weighted by atomic mass is 19.2. The first-order valence-electron chi connectivity index (χ1n) is 6.03. The Morgan fingerprint density at radius 2 is 1.50 bits per heavy atom. The first kappa shape index (κ1) is 15.9. The van der Waals surface area contributed by atoms with Crippen LogP contribution in [0.5, 0.6) is 0 Å². The summed E-state index contributed by atoms with van der Waals surface area (Å²) in [6, 6.07) is 7.27. The van der Waals surface area contributed by atoms with Gasteiger partial charge in [-0.05, 0) is 11.1 Å². The maximum Gasteiger partial charge on any atom is 0.200 e. The van der Waals surface area contributed by atoms with Crippen LogP contribution in [0.25, 0.3) is 0 Å². The summed E-state index contributed by atoms with van der Waals surface area (Å²) >= 11 is 0. The largest absolute Gasteiger partial charge is 0.383 e. The molecule has 0 amide bonds. The van der Waals surface area contributed by atoms with Gasteiger partial charge in [-0.25, -0.2) is 22.0 Å². The molecular formula is C15H8F5NO. The van der Waals surface area contributed by atoms with Gasteiger partial charge < -0.3 is 5.11 Å². The van der Waals surface area contributed by atoms with Crippen molar-refractivity contribution in [3.63, 3.8) is 0 Å². The molecule has 2 rings (SSSR count). The highest BCUT2D eigenvalue weighted by Crippen LogP contribution is 2.31. The standard InChI is InChI=1S/C15H8F5NO/c16-10-9(11(17)13(19)14(20)12(10)18)15(22)8-3-1-2-7(6-8)4-5-21/h1-3,6,15,22H,4H2. The monoisotopic (exact) mass is 313 g/mol. The van der Waals surface area contributed by atoms with Crippen LogP contribution in [-0.4, -0.2) is 5.11 Å². The molecule has 0 fully saturated rings. The summed E-state index contributed by atoms with van der Waals surface area (Å²) in [6.45, 7) is 0. The van der Waals surface area contributed by atoms with Gasteiger partial charge in [0.15, 0.2) is 23.3 Å². The maximum atomic E-state index is 13.7. The highest BCUT2D eigenvalue weighted by Gasteiger charge is 2.30. The predicted molar refractivity (Wildman–Crippen MR) is 66.1 cm³/mol. The predicted octanol–water partition coefficient (Wildman–Crippen LogP) is 3.53. The van der Waals surface area contributed by atoms with E-state index in [0.29, 0.717) is 5.56 Å². The third-order valence-electron chi connectivity index (χ3n) is 3.07. The minimum absolute atomic E-state index is 0.0301. The van der Waals surface area contributed by atoms with Gasteiger partial charge in [-0.3, -0.25) is 0 Å². The second kappa shape index (κ2) is 6.12. The van der Waals surface area contributed by atoms with Crippen molar-refractivity contribution in [3.05, 3.63) is 70.0 Å². The number of aliphatic hydroxyl groups excluding tert-OH is 1. The van der Waals surface area contributed by atoms with Gasteiger partial charge >= 0.3 is 0 Å². The number of halogens is 5. The lowest BCUT2D eigenvalue weighted by Gasteiger charge is -2.15. The molecule has 7 heteroatoms. The molecule has 114 valence electrons. The zero-order chi connectivity index (χ0) is 16.4. The fourth-order valence-electron chi connectivity index (χ4n) is 1.99. The van der Waals surface area contributed by atoms with Crippen molar-refractivity contribution >= 4 is 0 Å². The SMILES string of the molecule is N#CCc1cccc(C(O)c2c(F)c(F)c(F)c(F)c2F)c1. The summed E-state index contributed by atoms with van der Waals surface area (Å²) in [4.78, 5) is 0. The lowest BCUT2D eigenvalue weighted by molar-refractivity contribution is 0.202. The molecule has 2 aromatic rings. The summed E-state index contributed by atoms with van der Waals surface area (Å²) in [5, 5.41) is 18.6. The Morgan fingerprint density at radius 3 is 2.05 bits per heavy atom. The molecule has 0 saturated heterocycles. The summed E-state index contributed by atoms with van der Waals surface area (Å²) < 4.78 is 66.6. The van der Waals surface area contributed by atoms with E-state index in [4.69, 9.17) is 5.26 Å². The molecule has 0 spiro atoms. The minimum Gasteiger partial charge on any atom is -0.383 e. The molecule has 1 atom stereocenters. The molecular weight excluding hydrogens is 305 g/mol. The van der Waals surface area contributed by atoms with Gasteiger partial charge in [0.2, 0.25) is 5.82 Å². The quantitative estimate of drug-likeness (QED) is 0.535. The molecule has 0 heterocycles. The number of rotatable bonds is 3. The van der Waals surface area contributed by atoms with Crippen LogP contribution in [-0.2, 0) is 6.42 Å². The average molecular weight is 313 g/mol. The summed E-state index contributed by atoms with van der Waals surface area (Å²) in [7, 11) is 0. The van der Waals surface area contributed by atoms with Crippen molar-refractivity contribution in [2.24, 2.45) is 0 Å². The van der Waals surface area contributed by atoms with Crippen LogP contribution in [0.1, 0.15) is 22.8 Å². The number of hydrogen-bond donors (Lipinski definition) is 1. The van der Waals surface area contributed by atoms with E-state index in [0.717, 1.165) is 0 Å². The molecule has 0 bridgehead atoms. The molecule has 0 radical (unpaired) electrons. The van der Waals surface area contributed by atoms with Crippen molar-refractivity contribution in [1.29, 1.82) is 5.26 Å². The smallest absolute Gasteiger partial charge is 0.200 e. The Morgan fingerprint density at radius 1 is 0.955 bits per heavy atom. The third kappa shape index (κ3) is 2.65. The fraction of sp³-hybridized carbons (Fsp3) is 0.133. The first-order valence-corrected chi connectivity index (χ1v) is 6.03.